The van der Waals surface area contributed by atoms with Crippen LogP contribution in [0.5, 0.6) is 5.75 Å². The minimum atomic E-state index is -0.354. The lowest BCUT2D eigenvalue weighted by molar-refractivity contribution is 0.279. The summed E-state index contributed by atoms with van der Waals surface area (Å²) < 4.78 is 22.1. The van der Waals surface area contributed by atoms with E-state index in [2.05, 4.69) is 26.3 Å². The fraction of sp³-hybridized carbons (Fsp3) is 0.357. The van der Waals surface area contributed by atoms with Gasteiger partial charge in [-0.25, -0.2) is 4.39 Å². The summed E-state index contributed by atoms with van der Waals surface area (Å²) in [7, 11) is 3.66. The van der Waals surface area contributed by atoms with E-state index in [1.807, 2.05) is 27.1 Å². The van der Waals surface area contributed by atoms with E-state index in [9.17, 15) is 4.39 Å². The van der Waals surface area contributed by atoms with Gasteiger partial charge in [0.05, 0.1) is 15.9 Å². The molecule has 0 aliphatic rings. The van der Waals surface area contributed by atoms with Crippen LogP contribution in [0.2, 0.25) is 0 Å². The van der Waals surface area contributed by atoms with Gasteiger partial charge in [-0.1, -0.05) is 6.07 Å². The number of hydrogen-bond donors (Lipinski definition) is 1. The molecule has 0 saturated heterocycles. The highest BCUT2D eigenvalue weighted by molar-refractivity contribution is 9.10. The van der Waals surface area contributed by atoms with E-state index in [-0.39, 0.29) is 18.2 Å². The lowest BCUT2D eigenvalue weighted by Crippen LogP contribution is -2.07. The van der Waals surface area contributed by atoms with Crippen molar-refractivity contribution in [1.29, 1.82) is 0 Å². The quantitative estimate of drug-likeness (QED) is 0.908. The van der Waals surface area contributed by atoms with Gasteiger partial charge in [0.2, 0.25) is 0 Å². The lowest BCUT2D eigenvalue weighted by Gasteiger charge is -2.09. The summed E-state index contributed by atoms with van der Waals surface area (Å²) >= 11 is 3.46. The zero-order valence-electron chi connectivity index (χ0n) is 11.7. The summed E-state index contributed by atoms with van der Waals surface area (Å²) in [5.41, 5.74) is 2.65. The van der Waals surface area contributed by atoms with Crippen LogP contribution in [0, 0.1) is 12.7 Å². The number of rotatable bonds is 5. The van der Waals surface area contributed by atoms with Crippen molar-refractivity contribution in [2.75, 3.05) is 7.05 Å². The zero-order chi connectivity index (χ0) is 14.7. The van der Waals surface area contributed by atoms with Crippen molar-refractivity contribution in [3.63, 3.8) is 0 Å². The highest BCUT2D eigenvalue weighted by Gasteiger charge is 2.12. The number of benzene rings is 1. The second kappa shape index (κ2) is 6.37. The van der Waals surface area contributed by atoms with Gasteiger partial charge in [-0.05, 0) is 47.6 Å². The van der Waals surface area contributed by atoms with E-state index >= 15 is 0 Å². The number of nitrogens with zero attached hydrogens (tertiary/aromatic N) is 2. The van der Waals surface area contributed by atoms with Crippen molar-refractivity contribution in [3.05, 3.63) is 45.4 Å². The number of halogens is 2. The number of aryl methyl sites for hydroxylation is 2. The molecule has 0 amide bonds. The van der Waals surface area contributed by atoms with Gasteiger partial charge >= 0.3 is 0 Å². The summed E-state index contributed by atoms with van der Waals surface area (Å²) in [4.78, 5) is 0. The van der Waals surface area contributed by atoms with Gasteiger partial charge in [-0.2, -0.15) is 5.10 Å². The molecule has 2 rings (SSSR count). The molecule has 0 atom stereocenters. The van der Waals surface area contributed by atoms with Crippen molar-refractivity contribution in [1.82, 2.24) is 15.1 Å². The third-order valence-electron chi connectivity index (χ3n) is 3.00. The second-order valence-corrected chi connectivity index (χ2v) is 5.35. The van der Waals surface area contributed by atoms with Crippen LogP contribution in [0.15, 0.2) is 22.7 Å². The Labute approximate surface area is 126 Å². The molecule has 0 aliphatic heterocycles. The molecule has 20 heavy (non-hydrogen) atoms. The van der Waals surface area contributed by atoms with Crippen LogP contribution < -0.4 is 10.1 Å². The topological polar surface area (TPSA) is 39.1 Å². The predicted molar refractivity (Wildman–Crippen MR) is 79.1 cm³/mol. The molecule has 0 unspecified atom stereocenters. The minimum absolute atomic E-state index is 0.246. The molecule has 0 saturated carbocycles. The highest BCUT2D eigenvalue weighted by Crippen LogP contribution is 2.24. The van der Waals surface area contributed by atoms with Gasteiger partial charge in [0.15, 0.2) is 11.6 Å². The first kappa shape index (κ1) is 15.0. The standard InChI is InChI=1S/C14H17BrFN3O/c1-9-14(15)12(19(3)18-9)8-20-13-5-4-10(7-17-2)6-11(13)16/h4-6,17H,7-8H2,1-3H3. The first-order chi connectivity index (χ1) is 9.52. The van der Waals surface area contributed by atoms with Crippen LogP contribution in [0.25, 0.3) is 0 Å². The molecule has 1 N–H and O–H groups in total. The minimum Gasteiger partial charge on any atom is -0.484 e. The van der Waals surface area contributed by atoms with Crippen molar-refractivity contribution in [3.8, 4) is 5.75 Å². The van der Waals surface area contributed by atoms with Crippen molar-refractivity contribution in [2.24, 2.45) is 7.05 Å². The van der Waals surface area contributed by atoms with E-state index in [0.29, 0.717) is 6.54 Å². The summed E-state index contributed by atoms with van der Waals surface area (Å²) in [5, 5.41) is 7.25. The lowest BCUT2D eigenvalue weighted by atomic mass is 10.2. The first-order valence-electron chi connectivity index (χ1n) is 6.26. The monoisotopic (exact) mass is 341 g/mol. The molecule has 0 aliphatic carbocycles. The predicted octanol–water partition coefficient (Wildman–Crippen LogP) is 2.93. The van der Waals surface area contributed by atoms with Gasteiger partial charge in [0.1, 0.15) is 6.61 Å². The number of ether oxygens (including phenoxy) is 1. The van der Waals surface area contributed by atoms with Gasteiger partial charge in [0, 0.05) is 13.6 Å². The summed E-state index contributed by atoms with van der Waals surface area (Å²) in [5.74, 6) is -0.108. The summed E-state index contributed by atoms with van der Waals surface area (Å²) in [6.07, 6.45) is 0. The van der Waals surface area contributed by atoms with Crippen LogP contribution in [0.4, 0.5) is 4.39 Å². The van der Waals surface area contributed by atoms with Crippen LogP contribution in [0.3, 0.4) is 0 Å². The Hall–Kier alpha value is -1.40. The second-order valence-electron chi connectivity index (χ2n) is 4.55. The Bertz CT molecular complexity index is 613. The number of hydrogen-bond acceptors (Lipinski definition) is 3. The van der Waals surface area contributed by atoms with Crippen molar-refractivity contribution >= 4 is 15.9 Å². The van der Waals surface area contributed by atoms with E-state index in [1.165, 1.54) is 6.07 Å². The van der Waals surface area contributed by atoms with Crippen LogP contribution in [-0.4, -0.2) is 16.8 Å². The molecule has 0 radical (unpaired) electrons. The molecule has 1 aromatic heterocycles. The van der Waals surface area contributed by atoms with Crippen LogP contribution in [0.1, 0.15) is 17.0 Å². The number of nitrogens with one attached hydrogen (secondary N) is 1. The normalized spacial score (nSPS) is 10.8. The third-order valence-corrected chi connectivity index (χ3v) is 4.03. The van der Waals surface area contributed by atoms with Crippen molar-refractivity contribution < 1.29 is 9.13 Å². The molecule has 1 aromatic carbocycles. The number of aromatic nitrogens is 2. The third kappa shape index (κ3) is 3.19. The fourth-order valence-electron chi connectivity index (χ4n) is 1.96. The van der Waals surface area contributed by atoms with E-state index in [4.69, 9.17) is 4.74 Å². The average molecular weight is 342 g/mol. The molecule has 0 bridgehead atoms. The largest absolute Gasteiger partial charge is 0.484 e. The Morgan fingerprint density at radius 3 is 2.75 bits per heavy atom. The maximum Gasteiger partial charge on any atom is 0.165 e. The fourth-order valence-corrected chi connectivity index (χ4v) is 2.41. The van der Waals surface area contributed by atoms with Crippen LogP contribution in [-0.2, 0) is 20.2 Å². The molecular formula is C14H17BrFN3O. The molecule has 108 valence electrons. The molecule has 1 heterocycles. The SMILES string of the molecule is CNCc1ccc(OCc2c(Br)c(C)nn2C)c(F)c1. The Morgan fingerprint density at radius 1 is 1.45 bits per heavy atom. The summed E-state index contributed by atoms with van der Waals surface area (Å²) in [6, 6.07) is 4.98. The van der Waals surface area contributed by atoms with Gasteiger partial charge in [0.25, 0.3) is 0 Å². The van der Waals surface area contributed by atoms with E-state index < -0.39 is 0 Å². The Morgan fingerprint density at radius 2 is 2.20 bits per heavy atom. The molecular weight excluding hydrogens is 325 g/mol. The maximum atomic E-state index is 13.9. The Kier molecular flexibility index (Phi) is 4.77. The van der Waals surface area contributed by atoms with E-state index in [1.54, 1.807) is 10.7 Å². The molecule has 6 heteroatoms. The van der Waals surface area contributed by atoms with Crippen LogP contribution >= 0.6 is 15.9 Å². The first-order valence-corrected chi connectivity index (χ1v) is 7.06. The highest BCUT2D eigenvalue weighted by atomic mass is 79.9. The van der Waals surface area contributed by atoms with Gasteiger partial charge in [-0.3, -0.25) is 4.68 Å². The smallest absolute Gasteiger partial charge is 0.165 e. The Balaban J connectivity index is 2.11. The average Bonchev–Trinajstić information content (AvgIpc) is 2.64. The molecule has 4 nitrogen and oxygen atoms in total. The molecule has 2 aromatic rings. The van der Waals surface area contributed by atoms with E-state index in [0.717, 1.165) is 21.4 Å². The maximum absolute atomic E-state index is 13.9. The van der Waals surface area contributed by atoms with Gasteiger partial charge in [-0.15, -0.1) is 0 Å². The van der Waals surface area contributed by atoms with Crippen molar-refractivity contribution in [2.45, 2.75) is 20.1 Å². The molecule has 0 fully saturated rings. The summed E-state index contributed by atoms with van der Waals surface area (Å²) in [6.45, 7) is 2.80. The van der Waals surface area contributed by atoms with Gasteiger partial charge < -0.3 is 10.1 Å². The zero-order valence-corrected chi connectivity index (χ0v) is 13.3. The molecule has 0 spiro atoms.